The minimum absolute atomic E-state index is 0.0406. The average molecular weight is 385 g/mol. The Bertz CT molecular complexity index is 700. The summed E-state index contributed by atoms with van der Waals surface area (Å²) in [6, 6.07) is 9.19. The molecule has 3 nitrogen and oxygen atoms in total. The second-order valence-corrected chi connectivity index (χ2v) is 7.38. The number of pyridine rings is 1. The van der Waals surface area contributed by atoms with Gasteiger partial charge in [-0.25, -0.2) is 0 Å². The zero-order valence-electron chi connectivity index (χ0n) is 13.5. The lowest BCUT2D eigenvalue weighted by atomic mass is 9.80. The Balaban J connectivity index is 1.68. The summed E-state index contributed by atoms with van der Waals surface area (Å²) in [6.07, 6.45) is 3.74. The highest BCUT2D eigenvalue weighted by Crippen LogP contribution is 2.18. The van der Waals surface area contributed by atoms with Gasteiger partial charge in [0, 0.05) is 56.1 Å². The van der Waals surface area contributed by atoms with Crippen LogP contribution in [0, 0.1) is 0 Å². The summed E-state index contributed by atoms with van der Waals surface area (Å²) in [7, 11) is 0. The molecule has 9 heteroatoms. The second-order valence-electron chi connectivity index (χ2n) is 6.00. The third-order valence-corrected chi connectivity index (χ3v) is 5.04. The molecule has 2 heterocycles. The third-order valence-electron chi connectivity index (χ3n) is 4.39. The SMILES string of the molecule is F[B-](F)(F)c1ccc(-[n+]2ccc(N3CCN(C(S)S)CC3)cc2)cc1. The van der Waals surface area contributed by atoms with Crippen molar-refractivity contribution in [1.82, 2.24) is 4.90 Å². The van der Waals surface area contributed by atoms with E-state index in [0.29, 0.717) is 5.69 Å². The van der Waals surface area contributed by atoms with Crippen molar-refractivity contribution in [3.8, 4) is 5.69 Å². The van der Waals surface area contributed by atoms with Crippen LogP contribution in [-0.4, -0.2) is 42.8 Å². The number of benzene rings is 1. The van der Waals surface area contributed by atoms with E-state index in [-0.39, 0.29) is 4.71 Å². The molecule has 1 aromatic carbocycles. The van der Waals surface area contributed by atoms with Crippen LogP contribution < -0.4 is 14.9 Å². The maximum atomic E-state index is 12.7. The molecule has 1 fully saturated rings. The highest BCUT2D eigenvalue weighted by molar-refractivity contribution is 7.99. The lowest BCUT2D eigenvalue weighted by Crippen LogP contribution is -2.48. The van der Waals surface area contributed by atoms with Crippen LogP contribution >= 0.6 is 25.3 Å². The van der Waals surface area contributed by atoms with E-state index in [2.05, 4.69) is 35.1 Å². The van der Waals surface area contributed by atoms with E-state index in [1.807, 2.05) is 29.1 Å². The molecule has 1 aromatic heterocycles. The van der Waals surface area contributed by atoms with Gasteiger partial charge >= 0.3 is 6.98 Å². The number of aromatic nitrogens is 1. The molecule has 2 aromatic rings. The Morgan fingerprint density at radius 2 is 1.44 bits per heavy atom. The van der Waals surface area contributed by atoms with Crippen molar-refractivity contribution >= 4 is 43.4 Å². The topological polar surface area (TPSA) is 10.4 Å². The molecule has 0 radical (unpaired) electrons. The van der Waals surface area contributed by atoms with Gasteiger partial charge in [0.15, 0.2) is 12.4 Å². The summed E-state index contributed by atoms with van der Waals surface area (Å²) < 4.78 is 39.9. The van der Waals surface area contributed by atoms with E-state index in [0.717, 1.165) is 44.0 Å². The van der Waals surface area contributed by atoms with Crippen LogP contribution in [0.3, 0.4) is 0 Å². The summed E-state index contributed by atoms with van der Waals surface area (Å²) in [4.78, 5) is 4.47. The van der Waals surface area contributed by atoms with E-state index >= 15 is 0 Å². The lowest BCUT2D eigenvalue weighted by molar-refractivity contribution is -0.595. The molecule has 0 saturated carbocycles. The van der Waals surface area contributed by atoms with Gasteiger partial charge in [0.25, 0.3) is 0 Å². The quantitative estimate of drug-likeness (QED) is 0.362. The van der Waals surface area contributed by atoms with Gasteiger partial charge in [0.1, 0.15) is 0 Å². The van der Waals surface area contributed by atoms with Crippen LogP contribution in [0.5, 0.6) is 0 Å². The zero-order chi connectivity index (χ0) is 18.0. The van der Waals surface area contributed by atoms with E-state index in [9.17, 15) is 12.9 Å². The molecule has 1 aliphatic rings. The van der Waals surface area contributed by atoms with Crippen LogP contribution in [0.25, 0.3) is 5.69 Å². The van der Waals surface area contributed by atoms with Crippen molar-refractivity contribution in [2.45, 2.75) is 4.71 Å². The maximum Gasteiger partial charge on any atom is 0.509 e. The predicted octanol–water partition coefficient (Wildman–Crippen LogP) is 2.28. The van der Waals surface area contributed by atoms with Gasteiger partial charge in [-0.2, -0.15) is 4.57 Å². The van der Waals surface area contributed by atoms with Crippen molar-refractivity contribution in [2.24, 2.45) is 0 Å². The number of nitrogens with zero attached hydrogens (tertiary/aromatic N) is 3. The first-order valence-electron chi connectivity index (χ1n) is 8.01. The minimum atomic E-state index is -4.95. The predicted molar refractivity (Wildman–Crippen MR) is 102 cm³/mol. The molecule has 0 amide bonds. The van der Waals surface area contributed by atoms with E-state index in [1.165, 1.54) is 12.1 Å². The van der Waals surface area contributed by atoms with E-state index < -0.39 is 12.4 Å². The molecule has 0 bridgehead atoms. The van der Waals surface area contributed by atoms with E-state index in [4.69, 9.17) is 0 Å². The van der Waals surface area contributed by atoms with Crippen molar-refractivity contribution in [3.05, 3.63) is 48.8 Å². The van der Waals surface area contributed by atoms with Gasteiger partial charge < -0.3 is 17.8 Å². The van der Waals surface area contributed by atoms with Gasteiger partial charge in [-0.1, -0.05) is 12.1 Å². The highest BCUT2D eigenvalue weighted by atomic mass is 32.2. The smallest absolute Gasteiger partial charge is 0.445 e. The Morgan fingerprint density at radius 3 is 1.92 bits per heavy atom. The summed E-state index contributed by atoms with van der Waals surface area (Å²) in [6.45, 7) is -1.37. The molecular weight excluding hydrogens is 366 g/mol. The summed E-state index contributed by atoms with van der Waals surface area (Å²) in [5.41, 5.74) is 1.22. The Morgan fingerprint density at radius 1 is 0.880 bits per heavy atom. The molecule has 0 aliphatic carbocycles. The van der Waals surface area contributed by atoms with Crippen LogP contribution in [-0.2, 0) is 0 Å². The first kappa shape index (κ1) is 18.5. The molecular formula is C16H19BF3N3S2. The number of halogens is 3. The fraction of sp³-hybridized carbons (Fsp3) is 0.312. The molecule has 25 heavy (non-hydrogen) atoms. The van der Waals surface area contributed by atoms with Gasteiger partial charge in [0.05, 0.1) is 4.71 Å². The Labute approximate surface area is 156 Å². The first-order valence-corrected chi connectivity index (χ1v) is 9.04. The average Bonchev–Trinajstić information content (AvgIpc) is 2.61. The van der Waals surface area contributed by atoms with Crippen molar-refractivity contribution < 1.29 is 17.5 Å². The van der Waals surface area contributed by atoms with Crippen LogP contribution in [0.1, 0.15) is 0 Å². The summed E-state index contributed by atoms with van der Waals surface area (Å²) >= 11 is 8.67. The molecule has 1 saturated heterocycles. The third kappa shape index (κ3) is 4.45. The van der Waals surface area contributed by atoms with Gasteiger partial charge in [-0.3, -0.25) is 4.90 Å². The number of anilines is 1. The molecule has 3 rings (SSSR count). The number of hydrogen-bond acceptors (Lipinski definition) is 4. The molecule has 0 unspecified atom stereocenters. The normalized spacial score (nSPS) is 16.5. The first-order chi connectivity index (χ1) is 11.8. The monoisotopic (exact) mass is 385 g/mol. The number of piperazine rings is 1. The Hall–Kier alpha value is -1.32. The van der Waals surface area contributed by atoms with Crippen molar-refractivity contribution in [3.63, 3.8) is 0 Å². The molecule has 0 spiro atoms. The summed E-state index contributed by atoms with van der Waals surface area (Å²) in [5.74, 6) is 0. The maximum absolute atomic E-state index is 12.7. The van der Waals surface area contributed by atoms with Gasteiger partial charge in [-0.15, -0.1) is 30.7 Å². The van der Waals surface area contributed by atoms with Crippen LogP contribution in [0.4, 0.5) is 18.6 Å². The van der Waals surface area contributed by atoms with Crippen LogP contribution in [0.2, 0.25) is 0 Å². The van der Waals surface area contributed by atoms with Crippen molar-refractivity contribution in [1.29, 1.82) is 0 Å². The fourth-order valence-electron chi connectivity index (χ4n) is 2.88. The van der Waals surface area contributed by atoms with E-state index in [1.54, 1.807) is 0 Å². The number of hydrogen-bond donors (Lipinski definition) is 2. The zero-order valence-corrected chi connectivity index (χ0v) is 15.3. The molecule has 0 N–H and O–H groups in total. The highest BCUT2D eigenvalue weighted by Gasteiger charge is 2.25. The largest absolute Gasteiger partial charge is 0.509 e. The molecule has 0 atom stereocenters. The summed E-state index contributed by atoms with van der Waals surface area (Å²) in [5, 5.41) is 0. The minimum Gasteiger partial charge on any atom is -0.445 e. The molecule has 134 valence electrons. The lowest BCUT2D eigenvalue weighted by Gasteiger charge is -2.37. The van der Waals surface area contributed by atoms with Gasteiger partial charge in [-0.05, 0) is 0 Å². The molecule has 1 aliphatic heterocycles. The fourth-order valence-corrected chi connectivity index (χ4v) is 3.34. The Kier molecular flexibility index (Phi) is 5.55. The van der Waals surface area contributed by atoms with Gasteiger partial charge in [0.2, 0.25) is 5.69 Å². The van der Waals surface area contributed by atoms with Crippen molar-refractivity contribution in [2.75, 3.05) is 31.1 Å². The number of rotatable bonds is 4. The number of thiol groups is 2. The standard InChI is InChI=1S/C16H19BF3N3S2/c18-17(19,20)13-1-3-14(4-2-13)21-7-5-15(6-8-21)22-9-11-23(12-10-22)16(24)25/h1-8,16,24-25H,9-12H2. The van der Waals surface area contributed by atoms with Crippen LogP contribution in [0.15, 0.2) is 48.8 Å². The second kappa shape index (κ2) is 7.51.